The average Bonchev–Trinajstić information content (AvgIpc) is 3.06. The van der Waals surface area contributed by atoms with Crippen LogP contribution in [-0.4, -0.2) is 16.7 Å². The molecule has 0 aromatic heterocycles. The smallest absolute Gasteiger partial charge is 0.255 e. The van der Waals surface area contributed by atoms with E-state index >= 15 is 0 Å². The van der Waals surface area contributed by atoms with Gasteiger partial charge < -0.3 is 10.2 Å². The molecule has 0 radical (unpaired) electrons. The first-order chi connectivity index (χ1) is 13.7. The van der Waals surface area contributed by atoms with E-state index in [1.807, 2.05) is 48.5 Å². The largest absolute Gasteiger partial charge is 0.323 e. The molecule has 28 heavy (non-hydrogen) atoms. The highest BCUT2D eigenvalue weighted by Crippen LogP contribution is 2.32. The first-order valence-corrected chi connectivity index (χ1v) is 8.93. The van der Waals surface area contributed by atoms with E-state index in [-0.39, 0.29) is 11.8 Å². The minimum atomic E-state index is -0.798. The van der Waals surface area contributed by atoms with Crippen molar-refractivity contribution in [2.75, 3.05) is 5.32 Å². The Bertz CT molecular complexity index is 1090. The summed E-state index contributed by atoms with van der Waals surface area (Å²) < 4.78 is 0. The number of para-hydroxylation sites is 1. The third-order valence-electron chi connectivity index (χ3n) is 4.83. The molecule has 0 aliphatic carbocycles. The Morgan fingerprint density at radius 2 is 1.64 bits per heavy atom. The van der Waals surface area contributed by atoms with Gasteiger partial charge in [-0.25, -0.2) is 0 Å². The zero-order valence-electron chi connectivity index (χ0n) is 15.0. The molecule has 136 valence electrons. The Hall–Kier alpha value is -3.91. The van der Waals surface area contributed by atoms with Gasteiger partial charge >= 0.3 is 0 Å². The highest BCUT2D eigenvalue weighted by molar-refractivity contribution is 6.04. The number of carbonyl (C=O) groups is 2. The van der Waals surface area contributed by atoms with E-state index in [0.717, 1.165) is 11.1 Å². The van der Waals surface area contributed by atoms with E-state index in [0.29, 0.717) is 23.4 Å². The lowest BCUT2D eigenvalue weighted by molar-refractivity contribution is -0.120. The van der Waals surface area contributed by atoms with Crippen LogP contribution in [-0.2, 0) is 11.3 Å². The molecular weight excluding hydrogens is 350 g/mol. The first-order valence-electron chi connectivity index (χ1n) is 8.93. The van der Waals surface area contributed by atoms with Crippen LogP contribution in [0.2, 0.25) is 0 Å². The zero-order chi connectivity index (χ0) is 19.5. The van der Waals surface area contributed by atoms with Crippen LogP contribution in [0.3, 0.4) is 0 Å². The van der Waals surface area contributed by atoms with E-state index < -0.39 is 6.04 Å². The molecule has 1 unspecified atom stereocenters. The number of amides is 2. The number of nitrogens with one attached hydrogen (secondary N) is 1. The number of fused-ring (bicyclic) bond motifs is 1. The van der Waals surface area contributed by atoms with Gasteiger partial charge in [-0.2, -0.15) is 5.26 Å². The molecule has 5 nitrogen and oxygen atoms in total. The summed E-state index contributed by atoms with van der Waals surface area (Å²) in [6.07, 6.45) is 0. The maximum Gasteiger partial charge on any atom is 0.255 e. The van der Waals surface area contributed by atoms with Crippen LogP contribution < -0.4 is 5.32 Å². The van der Waals surface area contributed by atoms with Crippen LogP contribution in [0.4, 0.5) is 5.69 Å². The Morgan fingerprint density at radius 1 is 0.964 bits per heavy atom. The molecule has 0 bridgehead atoms. The van der Waals surface area contributed by atoms with Crippen LogP contribution in [0.25, 0.3) is 0 Å². The van der Waals surface area contributed by atoms with Gasteiger partial charge in [0.05, 0.1) is 11.3 Å². The fraction of sp³-hybridized carbons (Fsp3) is 0.0870. The number of hydrogen-bond acceptors (Lipinski definition) is 3. The SMILES string of the molecule is N#Cc1ccccc1NC(=O)C(c1ccccc1)N1Cc2ccccc2C1=O. The van der Waals surface area contributed by atoms with Crippen LogP contribution >= 0.6 is 0 Å². The number of anilines is 1. The molecule has 1 aliphatic rings. The second-order valence-corrected chi connectivity index (χ2v) is 6.55. The molecule has 3 aromatic carbocycles. The summed E-state index contributed by atoms with van der Waals surface area (Å²) in [5.74, 6) is -0.525. The molecule has 5 heteroatoms. The van der Waals surface area contributed by atoms with Crippen LogP contribution in [0.15, 0.2) is 78.9 Å². The number of hydrogen-bond donors (Lipinski definition) is 1. The minimum Gasteiger partial charge on any atom is -0.323 e. The topological polar surface area (TPSA) is 73.2 Å². The van der Waals surface area contributed by atoms with E-state index in [4.69, 9.17) is 0 Å². The minimum absolute atomic E-state index is 0.173. The Kier molecular flexibility index (Phi) is 4.61. The first kappa shape index (κ1) is 17.5. The third-order valence-corrected chi connectivity index (χ3v) is 4.83. The van der Waals surface area contributed by atoms with E-state index in [1.54, 1.807) is 35.2 Å². The summed E-state index contributed by atoms with van der Waals surface area (Å²) in [6, 6.07) is 24.7. The fourth-order valence-electron chi connectivity index (χ4n) is 3.48. The highest BCUT2D eigenvalue weighted by atomic mass is 16.2. The predicted octanol–water partition coefficient (Wildman–Crippen LogP) is 3.89. The van der Waals surface area contributed by atoms with E-state index in [9.17, 15) is 14.9 Å². The van der Waals surface area contributed by atoms with Crippen LogP contribution in [0, 0.1) is 11.3 Å². The van der Waals surface area contributed by atoms with Crippen molar-refractivity contribution in [3.63, 3.8) is 0 Å². The molecule has 1 N–H and O–H groups in total. The Labute approximate surface area is 162 Å². The van der Waals surface area contributed by atoms with Crippen LogP contribution in [0.5, 0.6) is 0 Å². The Balaban J connectivity index is 1.71. The van der Waals surface area contributed by atoms with Gasteiger partial charge in [-0.3, -0.25) is 9.59 Å². The number of carbonyl (C=O) groups excluding carboxylic acids is 2. The predicted molar refractivity (Wildman–Crippen MR) is 105 cm³/mol. The Morgan fingerprint density at radius 3 is 2.39 bits per heavy atom. The molecule has 1 atom stereocenters. The molecular formula is C23H17N3O2. The number of benzene rings is 3. The van der Waals surface area contributed by atoms with Gasteiger partial charge in [-0.1, -0.05) is 60.7 Å². The number of nitrogens with zero attached hydrogens (tertiary/aromatic N) is 2. The summed E-state index contributed by atoms with van der Waals surface area (Å²) in [4.78, 5) is 27.8. The van der Waals surface area contributed by atoms with Gasteiger partial charge in [-0.05, 0) is 29.3 Å². The normalized spacial score (nSPS) is 13.5. The number of nitriles is 1. The van der Waals surface area contributed by atoms with Crippen molar-refractivity contribution in [1.29, 1.82) is 5.26 Å². The van der Waals surface area contributed by atoms with Crippen molar-refractivity contribution >= 4 is 17.5 Å². The maximum absolute atomic E-state index is 13.3. The van der Waals surface area contributed by atoms with E-state index in [1.165, 1.54) is 0 Å². The van der Waals surface area contributed by atoms with Crippen molar-refractivity contribution in [2.24, 2.45) is 0 Å². The molecule has 0 fully saturated rings. The van der Waals surface area contributed by atoms with Crippen molar-refractivity contribution < 1.29 is 9.59 Å². The summed E-state index contributed by atoms with van der Waals surface area (Å²) >= 11 is 0. The fourth-order valence-corrected chi connectivity index (χ4v) is 3.48. The van der Waals surface area contributed by atoms with Gasteiger partial charge in [0.25, 0.3) is 11.8 Å². The monoisotopic (exact) mass is 367 g/mol. The maximum atomic E-state index is 13.3. The van der Waals surface area contributed by atoms with Crippen molar-refractivity contribution in [1.82, 2.24) is 4.90 Å². The van der Waals surface area contributed by atoms with Crippen molar-refractivity contribution in [3.8, 4) is 6.07 Å². The van der Waals surface area contributed by atoms with Gasteiger partial charge in [0.2, 0.25) is 0 Å². The highest BCUT2D eigenvalue weighted by Gasteiger charge is 2.37. The lowest BCUT2D eigenvalue weighted by atomic mass is 10.0. The number of rotatable bonds is 4. The summed E-state index contributed by atoms with van der Waals surface area (Å²) in [6.45, 7) is 0.363. The second-order valence-electron chi connectivity index (χ2n) is 6.55. The molecule has 0 spiro atoms. The lowest BCUT2D eigenvalue weighted by Crippen LogP contribution is -2.37. The second kappa shape index (κ2) is 7.37. The van der Waals surface area contributed by atoms with Gasteiger partial charge in [0.1, 0.15) is 12.1 Å². The molecule has 4 rings (SSSR count). The molecule has 0 saturated carbocycles. The lowest BCUT2D eigenvalue weighted by Gasteiger charge is -2.27. The molecule has 3 aromatic rings. The van der Waals surface area contributed by atoms with Gasteiger partial charge in [-0.15, -0.1) is 0 Å². The van der Waals surface area contributed by atoms with Crippen molar-refractivity contribution in [3.05, 3.63) is 101 Å². The quantitative estimate of drug-likeness (QED) is 0.760. The standard InChI is InChI=1S/C23H17N3O2/c24-14-17-10-5-7-13-20(17)25-22(27)21(16-8-2-1-3-9-16)26-15-18-11-4-6-12-19(18)23(26)28/h1-13,21H,15H2,(H,25,27). The molecule has 0 saturated heterocycles. The summed E-state index contributed by atoms with van der Waals surface area (Å²) in [5.41, 5.74) is 3.04. The molecule has 1 aliphatic heterocycles. The summed E-state index contributed by atoms with van der Waals surface area (Å²) in [7, 11) is 0. The van der Waals surface area contributed by atoms with Gasteiger partial charge in [0.15, 0.2) is 0 Å². The van der Waals surface area contributed by atoms with Crippen LogP contribution in [0.1, 0.15) is 33.1 Å². The summed E-state index contributed by atoms with van der Waals surface area (Å²) in [5, 5.41) is 12.1. The van der Waals surface area contributed by atoms with E-state index in [2.05, 4.69) is 11.4 Å². The van der Waals surface area contributed by atoms with Gasteiger partial charge in [0, 0.05) is 12.1 Å². The average molecular weight is 367 g/mol. The molecule has 1 heterocycles. The molecule has 2 amide bonds. The van der Waals surface area contributed by atoms with Crippen molar-refractivity contribution in [2.45, 2.75) is 12.6 Å². The zero-order valence-corrected chi connectivity index (χ0v) is 15.0. The third kappa shape index (κ3) is 3.12.